The Labute approximate surface area is 248 Å². The Kier molecular flexibility index (Phi) is 7.87. The Balaban J connectivity index is 1.68. The maximum atomic E-state index is 2.67. The van der Waals surface area contributed by atoms with Crippen LogP contribution in [-0.2, 0) is 27.7 Å². The summed E-state index contributed by atoms with van der Waals surface area (Å²) >= 11 is -2.73. The van der Waals surface area contributed by atoms with Crippen LogP contribution in [0.15, 0.2) is 124 Å². The Morgan fingerprint density at radius 3 is 2.02 bits per heavy atom. The van der Waals surface area contributed by atoms with E-state index < -0.39 is 21.3 Å². The molecule has 0 N–H and O–H groups in total. The summed E-state index contributed by atoms with van der Waals surface area (Å²) in [6.45, 7) is 9.48. The number of hydrogen-bond acceptors (Lipinski definition) is 0. The Morgan fingerprint density at radius 1 is 0.750 bits per heavy atom. The molecule has 2 aliphatic rings. The van der Waals surface area contributed by atoms with Crippen LogP contribution < -0.4 is 3.27 Å². The minimum atomic E-state index is -2.73. The summed E-state index contributed by atoms with van der Waals surface area (Å²) in [6, 6.07) is 38.9. The molecule has 200 valence electrons. The standard InChI is InChI=1S/C13H9.C13H10.C13H21.Zr/c1-3-7-12-10(5-1)9-11-6-2-4-8-13(11)12;1-3-7-12(8-4-1)11-13-9-5-2-6-10-13;1-5-6-7-11-8-9-12(10-11)13(2,3)4;/h1-5,7-8H,9H2;1-10H;9-11H,5-7H2,1-4H3;. The summed E-state index contributed by atoms with van der Waals surface area (Å²) in [5, 5.41) is 0. The van der Waals surface area contributed by atoms with Gasteiger partial charge < -0.3 is 0 Å². The first-order valence-corrected chi connectivity index (χ1v) is 18.6. The van der Waals surface area contributed by atoms with Crippen molar-refractivity contribution in [3.63, 3.8) is 0 Å². The minimum absolute atomic E-state index is 0.148. The number of hydrogen-bond donors (Lipinski definition) is 0. The molecule has 4 aromatic carbocycles. The molecule has 0 saturated carbocycles. The fraction of sp³-hybridized carbons (Fsp3) is 0.256. The van der Waals surface area contributed by atoms with E-state index in [-0.39, 0.29) is 5.41 Å². The first-order valence-electron chi connectivity index (χ1n) is 15.0. The summed E-state index contributed by atoms with van der Waals surface area (Å²) in [5.41, 5.74) is 10.4. The van der Waals surface area contributed by atoms with Crippen LogP contribution in [0.3, 0.4) is 0 Å². The second-order valence-corrected chi connectivity index (χ2v) is 18.2. The van der Waals surface area contributed by atoms with Crippen molar-refractivity contribution >= 4 is 6.48 Å². The zero-order valence-corrected chi connectivity index (χ0v) is 26.8. The molecule has 0 spiro atoms. The van der Waals surface area contributed by atoms with E-state index in [2.05, 4.69) is 143 Å². The monoisotopic (exact) mass is 598 g/mol. The Hall–Kier alpha value is -2.89. The van der Waals surface area contributed by atoms with Crippen molar-refractivity contribution in [3.05, 3.63) is 146 Å². The molecule has 0 bridgehead atoms. The van der Waals surface area contributed by atoms with Crippen molar-refractivity contribution in [1.82, 2.24) is 0 Å². The van der Waals surface area contributed by atoms with E-state index in [4.69, 9.17) is 0 Å². The number of rotatable bonds is 7. The molecule has 0 fully saturated rings. The molecule has 4 aromatic rings. The molecular formula is C39H40Zr. The van der Waals surface area contributed by atoms with Gasteiger partial charge in [0.05, 0.1) is 0 Å². The van der Waals surface area contributed by atoms with Gasteiger partial charge in [-0.15, -0.1) is 0 Å². The zero-order chi connectivity index (χ0) is 27.7. The molecule has 0 nitrogen and oxygen atoms in total. The molecule has 0 saturated heterocycles. The predicted molar refractivity (Wildman–Crippen MR) is 169 cm³/mol. The number of fused-ring (bicyclic) bond motifs is 3. The van der Waals surface area contributed by atoms with Crippen molar-refractivity contribution in [3.8, 4) is 11.1 Å². The molecule has 40 heavy (non-hydrogen) atoms. The average Bonchev–Trinajstić information content (AvgIpc) is 3.58. The summed E-state index contributed by atoms with van der Waals surface area (Å²) < 4.78 is 5.03. The van der Waals surface area contributed by atoms with Crippen molar-refractivity contribution in [1.29, 1.82) is 0 Å². The topological polar surface area (TPSA) is 0 Å². The molecule has 0 aliphatic heterocycles. The second-order valence-electron chi connectivity index (χ2n) is 12.4. The van der Waals surface area contributed by atoms with Crippen LogP contribution in [-0.4, -0.2) is 3.21 Å². The number of benzene rings is 4. The Bertz CT molecular complexity index is 1570. The first-order chi connectivity index (χ1) is 19.5. The Morgan fingerprint density at radius 2 is 1.38 bits per heavy atom. The van der Waals surface area contributed by atoms with Crippen molar-refractivity contribution < 1.29 is 21.3 Å². The van der Waals surface area contributed by atoms with Crippen molar-refractivity contribution in [2.24, 2.45) is 11.3 Å². The van der Waals surface area contributed by atoms with Crippen molar-refractivity contribution in [2.45, 2.75) is 53.4 Å². The molecule has 6 rings (SSSR count). The van der Waals surface area contributed by atoms with Gasteiger partial charge >= 0.3 is 250 Å². The van der Waals surface area contributed by atoms with Crippen LogP contribution in [0.1, 0.15) is 69.2 Å². The van der Waals surface area contributed by atoms with E-state index in [1.807, 2.05) is 0 Å². The average molecular weight is 600 g/mol. The molecule has 1 unspecified atom stereocenters. The predicted octanol–water partition coefficient (Wildman–Crippen LogP) is 9.45. The van der Waals surface area contributed by atoms with Gasteiger partial charge in [0.1, 0.15) is 0 Å². The second kappa shape index (κ2) is 11.5. The first kappa shape index (κ1) is 27.3. The third kappa shape index (κ3) is 5.26. The van der Waals surface area contributed by atoms with Gasteiger partial charge in [-0.25, -0.2) is 0 Å². The van der Waals surface area contributed by atoms with Crippen LogP contribution >= 0.6 is 0 Å². The molecule has 0 aromatic heterocycles. The summed E-state index contributed by atoms with van der Waals surface area (Å²) in [6.07, 6.45) is 10.1. The van der Waals surface area contributed by atoms with Gasteiger partial charge in [0.15, 0.2) is 0 Å². The van der Waals surface area contributed by atoms with Gasteiger partial charge in [-0.1, -0.05) is 0 Å². The number of allylic oxidation sites excluding steroid dienone is 4. The van der Waals surface area contributed by atoms with Crippen molar-refractivity contribution in [2.75, 3.05) is 0 Å². The fourth-order valence-corrected chi connectivity index (χ4v) is 15.0. The van der Waals surface area contributed by atoms with E-state index in [0.29, 0.717) is 5.92 Å². The van der Waals surface area contributed by atoms with Gasteiger partial charge in [0, 0.05) is 0 Å². The molecule has 1 atom stereocenters. The van der Waals surface area contributed by atoms with E-state index in [0.717, 1.165) is 6.42 Å². The third-order valence-corrected chi connectivity index (χ3v) is 16.4. The quantitative estimate of drug-likeness (QED) is 0.175. The van der Waals surface area contributed by atoms with E-state index in [9.17, 15) is 0 Å². The summed E-state index contributed by atoms with van der Waals surface area (Å²) in [5.74, 6) is 0.533. The van der Waals surface area contributed by atoms with Gasteiger partial charge in [-0.05, 0) is 0 Å². The van der Waals surface area contributed by atoms with Crippen LogP contribution in [0, 0.1) is 11.3 Å². The fourth-order valence-electron chi connectivity index (χ4n) is 6.51. The maximum absolute atomic E-state index is 2.73. The van der Waals surface area contributed by atoms with E-state index in [1.165, 1.54) is 52.7 Å². The van der Waals surface area contributed by atoms with E-state index in [1.54, 1.807) is 15.3 Å². The SMILES string of the molecule is CCCCC1C=C(C(C)(C)C)C=[C]1[Zr](=[C](c1ccccc1)c1ccccc1)[c]1cccc2c1Cc1ccccc1-2. The third-order valence-electron chi connectivity index (χ3n) is 8.61. The molecule has 0 amide bonds. The molecule has 0 radical (unpaired) electrons. The summed E-state index contributed by atoms with van der Waals surface area (Å²) in [7, 11) is 0. The van der Waals surface area contributed by atoms with Crippen LogP contribution in [0.4, 0.5) is 0 Å². The van der Waals surface area contributed by atoms with Crippen LogP contribution in [0.5, 0.6) is 0 Å². The molecule has 0 heterocycles. The molecular weight excluding hydrogens is 560 g/mol. The number of unbranched alkanes of at least 4 members (excludes halogenated alkanes) is 1. The van der Waals surface area contributed by atoms with E-state index >= 15 is 0 Å². The normalized spacial score (nSPS) is 15.8. The van der Waals surface area contributed by atoms with Crippen LogP contribution in [0.25, 0.3) is 11.1 Å². The molecule has 1 heteroatoms. The zero-order valence-electron chi connectivity index (χ0n) is 24.4. The van der Waals surface area contributed by atoms with Gasteiger partial charge in [-0.2, -0.15) is 0 Å². The van der Waals surface area contributed by atoms with Gasteiger partial charge in [0.25, 0.3) is 0 Å². The van der Waals surface area contributed by atoms with Gasteiger partial charge in [-0.3, -0.25) is 0 Å². The van der Waals surface area contributed by atoms with Gasteiger partial charge in [0.2, 0.25) is 0 Å². The summed E-state index contributed by atoms with van der Waals surface area (Å²) in [4.78, 5) is 0. The molecule has 2 aliphatic carbocycles. The van der Waals surface area contributed by atoms with Crippen LogP contribution in [0.2, 0.25) is 0 Å².